The molecule has 25 heavy (non-hydrogen) atoms. The van der Waals surface area contributed by atoms with E-state index in [0.29, 0.717) is 0 Å². The van der Waals surface area contributed by atoms with E-state index in [1.54, 1.807) is 0 Å². The Labute approximate surface area is 168 Å². The SMILES string of the molecule is CCNC(=NCCN1CCOCC1)NCCc1c(C)nn(C)c1C.I. The van der Waals surface area contributed by atoms with Gasteiger partial charge in [0.1, 0.15) is 0 Å². The van der Waals surface area contributed by atoms with E-state index < -0.39 is 0 Å². The first kappa shape index (κ1) is 22.2. The lowest BCUT2D eigenvalue weighted by Gasteiger charge is -2.25. The molecule has 0 radical (unpaired) electrons. The van der Waals surface area contributed by atoms with Gasteiger partial charge in [0.15, 0.2) is 5.96 Å². The Kier molecular flexibility index (Phi) is 10.4. The van der Waals surface area contributed by atoms with Crippen LogP contribution in [0.5, 0.6) is 0 Å². The van der Waals surface area contributed by atoms with Crippen molar-refractivity contribution in [3.8, 4) is 0 Å². The van der Waals surface area contributed by atoms with Crippen molar-refractivity contribution in [1.82, 2.24) is 25.3 Å². The molecule has 2 N–H and O–H groups in total. The molecule has 0 atom stereocenters. The second kappa shape index (κ2) is 11.7. The van der Waals surface area contributed by atoms with Crippen molar-refractivity contribution in [3.05, 3.63) is 17.0 Å². The van der Waals surface area contributed by atoms with E-state index in [2.05, 4.69) is 46.4 Å². The molecule has 0 aliphatic carbocycles. The lowest BCUT2D eigenvalue weighted by atomic mass is 10.1. The summed E-state index contributed by atoms with van der Waals surface area (Å²) in [6.45, 7) is 13.5. The molecule has 1 fully saturated rings. The Morgan fingerprint density at radius 2 is 1.96 bits per heavy atom. The predicted molar refractivity (Wildman–Crippen MR) is 113 cm³/mol. The highest BCUT2D eigenvalue weighted by Crippen LogP contribution is 2.11. The van der Waals surface area contributed by atoms with Gasteiger partial charge < -0.3 is 15.4 Å². The zero-order chi connectivity index (χ0) is 17.4. The highest BCUT2D eigenvalue weighted by atomic mass is 127. The number of rotatable bonds is 7. The quantitative estimate of drug-likeness (QED) is 0.359. The molecule has 7 nitrogen and oxygen atoms in total. The van der Waals surface area contributed by atoms with Crippen molar-refractivity contribution < 1.29 is 4.74 Å². The van der Waals surface area contributed by atoms with Crippen LogP contribution in [0.2, 0.25) is 0 Å². The van der Waals surface area contributed by atoms with E-state index in [0.717, 1.165) is 70.6 Å². The Morgan fingerprint density at radius 1 is 1.24 bits per heavy atom. The van der Waals surface area contributed by atoms with Crippen LogP contribution in [0, 0.1) is 13.8 Å². The normalized spacial score (nSPS) is 15.8. The van der Waals surface area contributed by atoms with Crippen molar-refractivity contribution in [2.75, 3.05) is 52.5 Å². The molecule has 1 aromatic heterocycles. The highest BCUT2D eigenvalue weighted by Gasteiger charge is 2.10. The van der Waals surface area contributed by atoms with E-state index in [1.165, 1.54) is 11.3 Å². The number of halogens is 1. The van der Waals surface area contributed by atoms with Crippen molar-refractivity contribution in [3.63, 3.8) is 0 Å². The number of aliphatic imine (C=N–C) groups is 1. The summed E-state index contributed by atoms with van der Waals surface area (Å²) in [5.41, 5.74) is 3.68. The summed E-state index contributed by atoms with van der Waals surface area (Å²) in [6.07, 6.45) is 0.958. The number of aromatic nitrogens is 2. The molecule has 0 amide bonds. The third kappa shape index (κ3) is 7.10. The average Bonchev–Trinajstić information content (AvgIpc) is 2.82. The predicted octanol–water partition coefficient (Wildman–Crippen LogP) is 1.08. The van der Waals surface area contributed by atoms with Crippen LogP contribution in [-0.2, 0) is 18.2 Å². The van der Waals surface area contributed by atoms with Crippen LogP contribution >= 0.6 is 24.0 Å². The number of hydrogen-bond acceptors (Lipinski definition) is 4. The summed E-state index contributed by atoms with van der Waals surface area (Å²) in [6, 6.07) is 0. The lowest BCUT2D eigenvalue weighted by Crippen LogP contribution is -2.40. The van der Waals surface area contributed by atoms with Crippen molar-refractivity contribution >= 4 is 29.9 Å². The summed E-state index contributed by atoms with van der Waals surface area (Å²) in [5.74, 6) is 0.893. The van der Waals surface area contributed by atoms with Crippen LogP contribution in [0.25, 0.3) is 0 Å². The van der Waals surface area contributed by atoms with Gasteiger partial charge in [-0.1, -0.05) is 0 Å². The number of aryl methyl sites for hydroxylation is 2. The summed E-state index contributed by atoms with van der Waals surface area (Å²) in [7, 11) is 2.00. The van der Waals surface area contributed by atoms with Crippen molar-refractivity contribution in [1.29, 1.82) is 0 Å². The van der Waals surface area contributed by atoms with Gasteiger partial charge in [-0.3, -0.25) is 14.6 Å². The van der Waals surface area contributed by atoms with Crippen LogP contribution in [0.3, 0.4) is 0 Å². The van der Waals surface area contributed by atoms with Gasteiger partial charge >= 0.3 is 0 Å². The topological polar surface area (TPSA) is 66.7 Å². The van der Waals surface area contributed by atoms with Gasteiger partial charge in [0.25, 0.3) is 0 Å². The van der Waals surface area contributed by atoms with E-state index in [1.807, 2.05) is 11.7 Å². The van der Waals surface area contributed by atoms with Gasteiger partial charge in [0.05, 0.1) is 25.5 Å². The van der Waals surface area contributed by atoms with Gasteiger partial charge in [-0.05, 0) is 32.8 Å². The molecule has 144 valence electrons. The fourth-order valence-corrected chi connectivity index (χ4v) is 2.95. The van der Waals surface area contributed by atoms with E-state index in [9.17, 15) is 0 Å². The third-order valence-corrected chi connectivity index (χ3v) is 4.46. The number of nitrogens with zero attached hydrogens (tertiary/aromatic N) is 4. The fourth-order valence-electron chi connectivity index (χ4n) is 2.95. The summed E-state index contributed by atoms with van der Waals surface area (Å²) in [5, 5.41) is 11.2. The molecular formula is C17H33IN6O. The maximum atomic E-state index is 5.37. The number of ether oxygens (including phenoxy) is 1. The maximum absolute atomic E-state index is 5.37. The molecule has 1 aliphatic heterocycles. The Hall–Kier alpha value is -0.870. The molecule has 0 saturated carbocycles. The largest absolute Gasteiger partial charge is 0.379 e. The second-order valence-corrected chi connectivity index (χ2v) is 6.16. The first-order valence-corrected chi connectivity index (χ1v) is 8.93. The lowest BCUT2D eigenvalue weighted by molar-refractivity contribution is 0.0394. The third-order valence-electron chi connectivity index (χ3n) is 4.46. The van der Waals surface area contributed by atoms with E-state index in [-0.39, 0.29) is 24.0 Å². The average molecular weight is 464 g/mol. The van der Waals surface area contributed by atoms with Crippen molar-refractivity contribution in [2.24, 2.45) is 12.0 Å². The molecule has 1 aliphatic rings. The molecule has 0 bridgehead atoms. The Bertz CT molecular complexity index is 539. The van der Waals surface area contributed by atoms with Gasteiger partial charge in [-0.25, -0.2) is 0 Å². The molecule has 1 saturated heterocycles. The standard InChI is InChI=1S/C17H32N6O.HI/c1-5-18-17(20-8-9-23-10-12-24-13-11-23)19-7-6-16-14(2)21-22(4)15(16)3;/h5-13H2,1-4H3,(H2,18,19,20);1H. The molecule has 0 aromatic carbocycles. The fraction of sp³-hybridized carbons (Fsp3) is 0.765. The second-order valence-electron chi connectivity index (χ2n) is 6.16. The van der Waals surface area contributed by atoms with E-state index >= 15 is 0 Å². The first-order valence-electron chi connectivity index (χ1n) is 8.93. The van der Waals surface area contributed by atoms with Crippen LogP contribution in [0.1, 0.15) is 23.9 Å². The molecule has 1 aromatic rings. The molecule has 8 heteroatoms. The molecule has 0 spiro atoms. The summed E-state index contributed by atoms with van der Waals surface area (Å²) < 4.78 is 7.32. The van der Waals surface area contributed by atoms with Gasteiger partial charge in [0, 0.05) is 45.5 Å². The molecule has 0 unspecified atom stereocenters. The number of guanidine groups is 1. The molecule has 2 rings (SSSR count). The minimum atomic E-state index is 0. The zero-order valence-electron chi connectivity index (χ0n) is 16.0. The smallest absolute Gasteiger partial charge is 0.191 e. The zero-order valence-corrected chi connectivity index (χ0v) is 18.3. The highest BCUT2D eigenvalue weighted by molar-refractivity contribution is 14.0. The van der Waals surface area contributed by atoms with Gasteiger partial charge in [-0.2, -0.15) is 5.10 Å². The number of hydrogen-bond donors (Lipinski definition) is 2. The van der Waals surface area contributed by atoms with E-state index in [4.69, 9.17) is 4.74 Å². The van der Waals surface area contributed by atoms with Crippen molar-refractivity contribution in [2.45, 2.75) is 27.2 Å². The molecule has 2 heterocycles. The minimum Gasteiger partial charge on any atom is -0.379 e. The van der Waals surface area contributed by atoms with Crippen LogP contribution in [-0.4, -0.2) is 73.1 Å². The van der Waals surface area contributed by atoms with Crippen LogP contribution < -0.4 is 10.6 Å². The Balaban J connectivity index is 0.00000312. The summed E-state index contributed by atoms with van der Waals surface area (Å²) in [4.78, 5) is 7.08. The first-order chi connectivity index (χ1) is 11.6. The minimum absolute atomic E-state index is 0. The van der Waals surface area contributed by atoms with Crippen LogP contribution in [0.15, 0.2) is 4.99 Å². The Morgan fingerprint density at radius 3 is 2.56 bits per heavy atom. The van der Waals surface area contributed by atoms with Crippen LogP contribution in [0.4, 0.5) is 0 Å². The summed E-state index contributed by atoms with van der Waals surface area (Å²) >= 11 is 0. The number of morpholine rings is 1. The maximum Gasteiger partial charge on any atom is 0.191 e. The number of nitrogens with one attached hydrogen (secondary N) is 2. The monoisotopic (exact) mass is 464 g/mol. The molecular weight excluding hydrogens is 431 g/mol. The van der Waals surface area contributed by atoms with Gasteiger partial charge in [0.2, 0.25) is 0 Å². The van der Waals surface area contributed by atoms with Gasteiger partial charge in [-0.15, -0.1) is 24.0 Å².